The molecule has 20 heavy (non-hydrogen) atoms. The van der Waals surface area contributed by atoms with Crippen molar-refractivity contribution in [1.29, 1.82) is 0 Å². The normalized spacial score (nSPS) is 10.9. The van der Waals surface area contributed by atoms with Gasteiger partial charge in [0, 0.05) is 11.1 Å². The Morgan fingerprint density at radius 2 is 1.35 bits per heavy atom. The van der Waals surface area contributed by atoms with E-state index in [-0.39, 0.29) is 5.71 Å². The molecule has 0 atom stereocenters. The summed E-state index contributed by atoms with van der Waals surface area (Å²) >= 11 is 0. The van der Waals surface area contributed by atoms with Crippen LogP contribution in [0.15, 0.2) is 65.8 Å². The number of nitrogens with zero attached hydrogens (tertiary/aromatic N) is 1. The third-order valence-electron chi connectivity index (χ3n) is 2.56. The van der Waals surface area contributed by atoms with Crippen LogP contribution in [0.4, 0.5) is 0 Å². The summed E-state index contributed by atoms with van der Waals surface area (Å²) in [6.07, 6.45) is 0. The molecular weight excluding hydrogens is 256 g/mol. The lowest BCUT2D eigenvalue weighted by atomic mass is 10.1. The van der Waals surface area contributed by atoms with Crippen LogP contribution in [0.25, 0.3) is 0 Å². The van der Waals surface area contributed by atoms with Crippen LogP contribution in [0.3, 0.4) is 0 Å². The Morgan fingerprint density at radius 1 is 0.850 bits per heavy atom. The van der Waals surface area contributed by atoms with Gasteiger partial charge in [-0.05, 0) is 12.1 Å². The van der Waals surface area contributed by atoms with Gasteiger partial charge in [0.1, 0.15) is 0 Å². The Hall–Kier alpha value is -2.95. The Balaban J connectivity index is 2.19. The first-order valence-electron chi connectivity index (χ1n) is 5.90. The average Bonchev–Trinajstić information content (AvgIpc) is 2.49. The van der Waals surface area contributed by atoms with Crippen LogP contribution in [0.2, 0.25) is 0 Å². The Labute approximate surface area is 115 Å². The second-order valence-electron chi connectivity index (χ2n) is 3.94. The monoisotopic (exact) mass is 268 g/mol. The Bertz CT molecular complexity index is 637. The molecule has 1 amide bonds. The minimum atomic E-state index is -1.20. The molecule has 0 radical (unpaired) electrons. The number of hydrazone groups is 1. The standard InChI is InChI=1S/C15H12N2O3/c18-14(12-9-5-2-6-10-12)17-16-13(15(19)20)11-7-3-1-4-8-11/h1-10H,(H,17,18)(H,19,20)/b16-13-. The number of carboxylic acids is 1. The van der Waals surface area contributed by atoms with E-state index in [0.717, 1.165) is 0 Å². The molecule has 0 saturated heterocycles. The zero-order valence-corrected chi connectivity index (χ0v) is 10.5. The summed E-state index contributed by atoms with van der Waals surface area (Å²) in [4.78, 5) is 23.0. The van der Waals surface area contributed by atoms with Crippen molar-refractivity contribution in [2.45, 2.75) is 0 Å². The lowest BCUT2D eigenvalue weighted by molar-refractivity contribution is -0.129. The summed E-state index contributed by atoms with van der Waals surface area (Å²) in [5.74, 6) is -1.66. The molecule has 2 N–H and O–H groups in total. The molecule has 0 aliphatic rings. The SMILES string of the molecule is O=C(O)/C(=N\NC(=O)c1ccccc1)c1ccccc1. The number of hydrogen-bond acceptors (Lipinski definition) is 3. The van der Waals surface area contributed by atoms with Gasteiger partial charge in [0.15, 0.2) is 5.71 Å². The number of hydrogen-bond donors (Lipinski definition) is 2. The van der Waals surface area contributed by atoms with E-state index in [1.807, 2.05) is 0 Å². The van der Waals surface area contributed by atoms with E-state index in [2.05, 4.69) is 10.5 Å². The van der Waals surface area contributed by atoms with Gasteiger partial charge >= 0.3 is 5.97 Å². The Morgan fingerprint density at radius 3 is 1.85 bits per heavy atom. The third-order valence-corrected chi connectivity index (χ3v) is 2.56. The predicted molar refractivity (Wildman–Crippen MR) is 74.5 cm³/mol. The molecule has 0 aliphatic heterocycles. The molecule has 0 aliphatic carbocycles. The maximum absolute atomic E-state index is 11.8. The van der Waals surface area contributed by atoms with Crippen molar-refractivity contribution in [2.75, 3.05) is 0 Å². The number of benzene rings is 2. The minimum absolute atomic E-state index is 0.213. The average molecular weight is 268 g/mol. The Kier molecular flexibility index (Phi) is 4.24. The van der Waals surface area contributed by atoms with Gasteiger partial charge in [0.2, 0.25) is 0 Å². The molecule has 2 rings (SSSR count). The van der Waals surface area contributed by atoms with Crippen molar-refractivity contribution in [3.8, 4) is 0 Å². The molecule has 0 bridgehead atoms. The molecule has 100 valence electrons. The highest BCUT2D eigenvalue weighted by molar-refractivity contribution is 6.42. The van der Waals surface area contributed by atoms with Gasteiger partial charge in [-0.15, -0.1) is 0 Å². The minimum Gasteiger partial charge on any atom is -0.476 e. The van der Waals surface area contributed by atoms with E-state index in [9.17, 15) is 9.59 Å². The molecule has 0 saturated carbocycles. The zero-order chi connectivity index (χ0) is 14.4. The predicted octanol–water partition coefficient (Wildman–Crippen LogP) is 1.91. The van der Waals surface area contributed by atoms with Crippen molar-refractivity contribution < 1.29 is 14.7 Å². The van der Waals surface area contributed by atoms with E-state index < -0.39 is 11.9 Å². The van der Waals surface area contributed by atoms with Gasteiger partial charge in [-0.1, -0.05) is 48.5 Å². The number of nitrogens with one attached hydrogen (secondary N) is 1. The van der Waals surface area contributed by atoms with E-state index in [1.54, 1.807) is 60.7 Å². The second-order valence-corrected chi connectivity index (χ2v) is 3.94. The van der Waals surface area contributed by atoms with Crippen molar-refractivity contribution in [3.63, 3.8) is 0 Å². The van der Waals surface area contributed by atoms with Crippen LogP contribution in [0.5, 0.6) is 0 Å². The number of amides is 1. The highest BCUT2D eigenvalue weighted by atomic mass is 16.4. The summed E-state index contributed by atoms with van der Waals surface area (Å²) in [5.41, 5.74) is 2.87. The zero-order valence-electron chi connectivity index (χ0n) is 10.5. The summed E-state index contributed by atoms with van der Waals surface area (Å²) in [5, 5.41) is 12.8. The molecule has 0 heterocycles. The van der Waals surface area contributed by atoms with Crippen LogP contribution >= 0.6 is 0 Å². The summed E-state index contributed by atoms with van der Waals surface area (Å²) in [7, 11) is 0. The largest absolute Gasteiger partial charge is 0.476 e. The van der Waals surface area contributed by atoms with Gasteiger partial charge < -0.3 is 5.11 Å². The molecule has 0 unspecified atom stereocenters. The van der Waals surface area contributed by atoms with Crippen molar-refractivity contribution in [3.05, 3.63) is 71.8 Å². The van der Waals surface area contributed by atoms with E-state index in [0.29, 0.717) is 11.1 Å². The second kappa shape index (κ2) is 6.29. The summed E-state index contributed by atoms with van der Waals surface area (Å²) in [6, 6.07) is 16.9. The first-order chi connectivity index (χ1) is 9.68. The van der Waals surface area contributed by atoms with Crippen molar-refractivity contribution >= 4 is 17.6 Å². The topological polar surface area (TPSA) is 78.8 Å². The fraction of sp³-hybridized carbons (Fsp3) is 0. The first kappa shape index (κ1) is 13.5. The molecule has 0 fully saturated rings. The fourth-order valence-electron chi connectivity index (χ4n) is 1.59. The number of carbonyl (C=O) groups excluding carboxylic acids is 1. The number of aliphatic carboxylic acids is 1. The van der Waals surface area contributed by atoms with E-state index >= 15 is 0 Å². The van der Waals surface area contributed by atoms with Crippen LogP contribution < -0.4 is 5.43 Å². The lowest BCUT2D eigenvalue weighted by Crippen LogP contribution is -2.23. The molecule has 5 heteroatoms. The maximum Gasteiger partial charge on any atom is 0.356 e. The highest BCUT2D eigenvalue weighted by Crippen LogP contribution is 2.02. The van der Waals surface area contributed by atoms with Crippen molar-refractivity contribution in [2.24, 2.45) is 5.10 Å². The molecule has 0 aromatic heterocycles. The quantitative estimate of drug-likeness (QED) is 0.656. The van der Waals surface area contributed by atoms with E-state index in [4.69, 9.17) is 5.11 Å². The highest BCUT2D eigenvalue weighted by Gasteiger charge is 2.13. The number of carboxylic acid groups (broad SMARTS) is 1. The van der Waals surface area contributed by atoms with Gasteiger partial charge in [-0.2, -0.15) is 5.10 Å². The van der Waals surface area contributed by atoms with Gasteiger partial charge in [0.05, 0.1) is 0 Å². The van der Waals surface area contributed by atoms with Crippen LogP contribution in [0, 0.1) is 0 Å². The molecular formula is C15H12N2O3. The van der Waals surface area contributed by atoms with Crippen LogP contribution in [-0.4, -0.2) is 22.7 Å². The first-order valence-corrected chi connectivity index (χ1v) is 5.90. The number of rotatable bonds is 4. The lowest BCUT2D eigenvalue weighted by Gasteiger charge is -2.03. The third kappa shape index (κ3) is 3.29. The fourth-order valence-corrected chi connectivity index (χ4v) is 1.59. The van der Waals surface area contributed by atoms with E-state index in [1.165, 1.54) is 0 Å². The van der Waals surface area contributed by atoms with Crippen molar-refractivity contribution in [1.82, 2.24) is 5.43 Å². The van der Waals surface area contributed by atoms with Crippen LogP contribution in [-0.2, 0) is 4.79 Å². The summed E-state index contributed by atoms with van der Waals surface area (Å²) < 4.78 is 0. The molecule has 2 aromatic carbocycles. The molecule has 0 spiro atoms. The maximum atomic E-state index is 11.8. The van der Waals surface area contributed by atoms with Gasteiger partial charge in [0.25, 0.3) is 5.91 Å². The molecule has 5 nitrogen and oxygen atoms in total. The van der Waals surface area contributed by atoms with Crippen LogP contribution in [0.1, 0.15) is 15.9 Å². The molecule has 2 aromatic rings. The summed E-state index contributed by atoms with van der Waals surface area (Å²) in [6.45, 7) is 0. The van der Waals surface area contributed by atoms with Gasteiger partial charge in [-0.3, -0.25) is 4.79 Å². The van der Waals surface area contributed by atoms with Gasteiger partial charge in [-0.25, -0.2) is 10.2 Å². The number of carbonyl (C=O) groups is 2. The smallest absolute Gasteiger partial charge is 0.356 e.